The van der Waals surface area contributed by atoms with Gasteiger partial charge in [-0.05, 0) is 36.6 Å². The number of rotatable bonds is 4. The van der Waals surface area contributed by atoms with Gasteiger partial charge in [0.2, 0.25) is 0 Å². The van der Waals surface area contributed by atoms with E-state index in [9.17, 15) is 0 Å². The first-order valence-corrected chi connectivity index (χ1v) is 5.92. The standard InChI is InChI=1S/C14H17N3/c1-3-12-6-8-13(9-7-12)11(2)16-14-5-4-10-15-17-14/h4-11H,3H2,1-2H3,(H,16,17). The van der Waals surface area contributed by atoms with Crippen molar-refractivity contribution < 1.29 is 0 Å². The Hall–Kier alpha value is -1.90. The molecule has 2 rings (SSSR count). The van der Waals surface area contributed by atoms with Gasteiger partial charge in [-0.25, -0.2) is 0 Å². The number of benzene rings is 1. The van der Waals surface area contributed by atoms with E-state index in [0.717, 1.165) is 12.2 Å². The number of hydrogen-bond acceptors (Lipinski definition) is 3. The third kappa shape index (κ3) is 3.03. The number of aryl methyl sites for hydroxylation is 1. The number of anilines is 1. The van der Waals surface area contributed by atoms with Crippen LogP contribution in [-0.4, -0.2) is 10.2 Å². The molecule has 3 heteroatoms. The van der Waals surface area contributed by atoms with E-state index in [1.54, 1.807) is 6.20 Å². The van der Waals surface area contributed by atoms with Gasteiger partial charge >= 0.3 is 0 Å². The molecular formula is C14H17N3. The van der Waals surface area contributed by atoms with E-state index < -0.39 is 0 Å². The number of nitrogens with one attached hydrogen (secondary N) is 1. The Balaban J connectivity index is 2.06. The molecule has 0 spiro atoms. The van der Waals surface area contributed by atoms with Gasteiger partial charge in [0.25, 0.3) is 0 Å². The lowest BCUT2D eigenvalue weighted by Crippen LogP contribution is -2.08. The first-order valence-electron chi connectivity index (χ1n) is 5.92. The molecule has 0 amide bonds. The molecule has 88 valence electrons. The van der Waals surface area contributed by atoms with Crippen molar-refractivity contribution in [3.63, 3.8) is 0 Å². The normalized spacial score (nSPS) is 12.1. The zero-order valence-electron chi connectivity index (χ0n) is 10.2. The van der Waals surface area contributed by atoms with E-state index in [1.165, 1.54) is 11.1 Å². The summed E-state index contributed by atoms with van der Waals surface area (Å²) in [4.78, 5) is 0. The van der Waals surface area contributed by atoms with E-state index in [-0.39, 0.29) is 6.04 Å². The van der Waals surface area contributed by atoms with Crippen molar-refractivity contribution in [2.45, 2.75) is 26.3 Å². The van der Waals surface area contributed by atoms with Gasteiger partial charge in [0, 0.05) is 12.2 Å². The maximum Gasteiger partial charge on any atom is 0.149 e. The van der Waals surface area contributed by atoms with Crippen molar-refractivity contribution in [3.8, 4) is 0 Å². The Morgan fingerprint density at radius 1 is 1.18 bits per heavy atom. The Labute approximate surface area is 102 Å². The Morgan fingerprint density at radius 3 is 2.53 bits per heavy atom. The van der Waals surface area contributed by atoms with Gasteiger partial charge in [0.1, 0.15) is 5.82 Å². The molecule has 1 unspecified atom stereocenters. The highest BCUT2D eigenvalue weighted by molar-refractivity contribution is 5.37. The summed E-state index contributed by atoms with van der Waals surface area (Å²) in [5.41, 5.74) is 2.62. The van der Waals surface area contributed by atoms with Gasteiger partial charge in [-0.3, -0.25) is 0 Å². The summed E-state index contributed by atoms with van der Waals surface area (Å²) in [5, 5.41) is 11.2. The zero-order chi connectivity index (χ0) is 12.1. The van der Waals surface area contributed by atoms with Crippen molar-refractivity contribution in [1.82, 2.24) is 10.2 Å². The third-order valence-corrected chi connectivity index (χ3v) is 2.82. The first kappa shape index (κ1) is 11.6. The monoisotopic (exact) mass is 227 g/mol. The number of hydrogen-bond donors (Lipinski definition) is 1. The van der Waals surface area contributed by atoms with Crippen LogP contribution in [0.3, 0.4) is 0 Å². The minimum absolute atomic E-state index is 0.234. The summed E-state index contributed by atoms with van der Waals surface area (Å²) in [6.45, 7) is 4.28. The van der Waals surface area contributed by atoms with Crippen LogP contribution in [-0.2, 0) is 6.42 Å². The minimum atomic E-state index is 0.234. The van der Waals surface area contributed by atoms with Crippen LogP contribution in [0.4, 0.5) is 5.82 Å². The van der Waals surface area contributed by atoms with Gasteiger partial charge in [-0.15, -0.1) is 5.10 Å². The lowest BCUT2D eigenvalue weighted by Gasteiger charge is -2.14. The summed E-state index contributed by atoms with van der Waals surface area (Å²) < 4.78 is 0. The summed E-state index contributed by atoms with van der Waals surface area (Å²) in [7, 11) is 0. The molecule has 0 saturated heterocycles. The van der Waals surface area contributed by atoms with Gasteiger partial charge < -0.3 is 5.32 Å². The van der Waals surface area contributed by atoms with Crippen LogP contribution >= 0.6 is 0 Å². The molecule has 0 bridgehead atoms. The van der Waals surface area contributed by atoms with E-state index >= 15 is 0 Å². The van der Waals surface area contributed by atoms with Crippen LogP contribution in [0.25, 0.3) is 0 Å². The maximum atomic E-state index is 4.02. The molecule has 0 aliphatic rings. The smallest absolute Gasteiger partial charge is 0.149 e. The lowest BCUT2D eigenvalue weighted by molar-refractivity contribution is 0.859. The van der Waals surface area contributed by atoms with Crippen LogP contribution in [0.1, 0.15) is 31.0 Å². The SMILES string of the molecule is CCc1ccc(C(C)Nc2cccnn2)cc1. The van der Waals surface area contributed by atoms with Crippen LogP contribution in [0.2, 0.25) is 0 Å². The predicted octanol–water partition coefficient (Wildman–Crippen LogP) is 3.21. The molecule has 2 aromatic rings. The second kappa shape index (κ2) is 5.43. The van der Waals surface area contributed by atoms with Gasteiger partial charge in [-0.1, -0.05) is 31.2 Å². The van der Waals surface area contributed by atoms with Crippen LogP contribution in [0, 0.1) is 0 Å². The first-order chi connectivity index (χ1) is 8.29. The summed E-state index contributed by atoms with van der Waals surface area (Å²) in [5.74, 6) is 0.805. The Bertz CT molecular complexity index is 451. The minimum Gasteiger partial charge on any atom is -0.362 e. The number of nitrogens with zero attached hydrogens (tertiary/aromatic N) is 2. The van der Waals surface area contributed by atoms with Gasteiger partial charge in [0.05, 0.1) is 0 Å². The molecule has 1 aromatic carbocycles. The molecule has 0 radical (unpaired) electrons. The van der Waals surface area contributed by atoms with Gasteiger partial charge in [0.15, 0.2) is 0 Å². The van der Waals surface area contributed by atoms with Crippen LogP contribution in [0.5, 0.6) is 0 Å². The van der Waals surface area contributed by atoms with E-state index in [1.807, 2.05) is 12.1 Å². The Kier molecular flexibility index (Phi) is 3.70. The average Bonchev–Trinajstić information content (AvgIpc) is 2.40. The predicted molar refractivity (Wildman–Crippen MR) is 69.9 cm³/mol. The van der Waals surface area contributed by atoms with E-state index in [4.69, 9.17) is 0 Å². The molecule has 0 fully saturated rings. The van der Waals surface area contributed by atoms with Crippen molar-refractivity contribution in [1.29, 1.82) is 0 Å². The van der Waals surface area contributed by atoms with Gasteiger partial charge in [-0.2, -0.15) is 5.10 Å². The summed E-state index contributed by atoms with van der Waals surface area (Å²) in [6, 6.07) is 12.7. The highest BCUT2D eigenvalue weighted by Gasteiger charge is 2.05. The second-order valence-electron chi connectivity index (χ2n) is 4.07. The zero-order valence-corrected chi connectivity index (χ0v) is 10.2. The molecule has 0 aliphatic carbocycles. The van der Waals surface area contributed by atoms with Crippen LogP contribution in [0.15, 0.2) is 42.6 Å². The summed E-state index contributed by atoms with van der Waals surface area (Å²) in [6.07, 6.45) is 2.75. The second-order valence-corrected chi connectivity index (χ2v) is 4.07. The molecule has 1 heterocycles. The van der Waals surface area contributed by atoms with E-state index in [0.29, 0.717) is 0 Å². The highest BCUT2D eigenvalue weighted by Crippen LogP contribution is 2.17. The third-order valence-electron chi connectivity index (χ3n) is 2.82. The quantitative estimate of drug-likeness (QED) is 0.871. The summed E-state index contributed by atoms with van der Waals surface area (Å²) >= 11 is 0. The maximum absolute atomic E-state index is 4.02. The van der Waals surface area contributed by atoms with Crippen LogP contribution < -0.4 is 5.32 Å². The molecule has 3 nitrogen and oxygen atoms in total. The largest absolute Gasteiger partial charge is 0.362 e. The van der Waals surface area contributed by atoms with Crippen molar-refractivity contribution in [2.75, 3.05) is 5.32 Å². The van der Waals surface area contributed by atoms with Crippen molar-refractivity contribution >= 4 is 5.82 Å². The molecule has 0 saturated carbocycles. The molecule has 1 atom stereocenters. The molecule has 1 N–H and O–H groups in total. The lowest BCUT2D eigenvalue weighted by atomic mass is 10.1. The molecule has 17 heavy (non-hydrogen) atoms. The number of aromatic nitrogens is 2. The fraction of sp³-hybridized carbons (Fsp3) is 0.286. The fourth-order valence-electron chi connectivity index (χ4n) is 1.73. The van der Waals surface area contributed by atoms with Crippen molar-refractivity contribution in [2.24, 2.45) is 0 Å². The molecule has 0 aliphatic heterocycles. The van der Waals surface area contributed by atoms with Crippen molar-refractivity contribution in [3.05, 3.63) is 53.7 Å². The highest BCUT2D eigenvalue weighted by atomic mass is 15.2. The average molecular weight is 227 g/mol. The topological polar surface area (TPSA) is 37.8 Å². The molecule has 1 aromatic heterocycles. The fourth-order valence-corrected chi connectivity index (χ4v) is 1.73. The Morgan fingerprint density at radius 2 is 1.94 bits per heavy atom. The molecular weight excluding hydrogens is 210 g/mol. The van der Waals surface area contributed by atoms with E-state index in [2.05, 4.69) is 53.6 Å².